The molecule has 0 amide bonds. The van der Waals surface area contributed by atoms with Gasteiger partial charge in [-0.15, -0.1) is 0 Å². The Hall–Kier alpha value is -1.51. The van der Waals surface area contributed by atoms with Crippen LogP contribution in [0.25, 0.3) is 0 Å². The molecule has 0 aliphatic carbocycles. The summed E-state index contributed by atoms with van der Waals surface area (Å²) in [6, 6.07) is 13.5. The largest absolute Gasteiger partial charge is 0.491 e. The van der Waals surface area contributed by atoms with Gasteiger partial charge in [-0.25, -0.2) is 0 Å². The van der Waals surface area contributed by atoms with Crippen LogP contribution < -0.4 is 4.74 Å². The first kappa shape index (κ1) is 14.9. The van der Waals surface area contributed by atoms with Gasteiger partial charge in [-0.3, -0.25) is 0 Å². The van der Waals surface area contributed by atoms with Crippen LogP contribution in [0, 0.1) is 13.8 Å². The van der Waals surface area contributed by atoms with E-state index < -0.39 is 6.10 Å². The minimum Gasteiger partial charge on any atom is -0.491 e. The minimum atomic E-state index is -0.533. The Morgan fingerprint density at radius 3 is 2.70 bits per heavy atom. The van der Waals surface area contributed by atoms with Crippen molar-refractivity contribution in [2.75, 3.05) is 6.61 Å². The highest BCUT2D eigenvalue weighted by atomic mass is 35.5. The summed E-state index contributed by atoms with van der Waals surface area (Å²) in [5.74, 6) is 0.678. The van der Waals surface area contributed by atoms with Gasteiger partial charge in [-0.2, -0.15) is 0 Å². The number of aryl methyl sites for hydroxylation is 2. The lowest BCUT2D eigenvalue weighted by molar-refractivity contribution is 0.107. The van der Waals surface area contributed by atoms with Crippen molar-refractivity contribution in [3.05, 3.63) is 64.2 Å². The lowest BCUT2D eigenvalue weighted by Crippen LogP contribution is -2.20. The molecule has 0 saturated carbocycles. The van der Waals surface area contributed by atoms with Crippen LogP contribution in [-0.4, -0.2) is 17.8 Å². The first-order valence-corrected chi connectivity index (χ1v) is 7.05. The van der Waals surface area contributed by atoms with Crippen molar-refractivity contribution in [1.29, 1.82) is 0 Å². The molecule has 0 aliphatic heterocycles. The molecule has 0 bridgehead atoms. The summed E-state index contributed by atoms with van der Waals surface area (Å²) in [6.07, 6.45) is 0.0585. The van der Waals surface area contributed by atoms with Gasteiger partial charge in [0, 0.05) is 11.4 Å². The number of aliphatic hydroxyl groups is 1. The number of ether oxygens (including phenoxy) is 1. The zero-order valence-electron chi connectivity index (χ0n) is 11.8. The quantitative estimate of drug-likeness (QED) is 0.904. The lowest BCUT2D eigenvalue weighted by Gasteiger charge is -2.14. The maximum atomic E-state index is 10.1. The molecule has 0 heterocycles. The maximum absolute atomic E-state index is 10.1. The van der Waals surface area contributed by atoms with E-state index in [9.17, 15) is 5.11 Å². The SMILES string of the molecule is Cc1ccc(C)c(CC(O)COc2cccc(Cl)c2)c1. The smallest absolute Gasteiger partial charge is 0.120 e. The van der Waals surface area contributed by atoms with Crippen molar-refractivity contribution in [2.24, 2.45) is 0 Å². The fourth-order valence-corrected chi connectivity index (χ4v) is 2.26. The molecule has 1 atom stereocenters. The zero-order valence-corrected chi connectivity index (χ0v) is 12.5. The van der Waals surface area contributed by atoms with Gasteiger partial charge in [0.15, 0.2) is 0 Å². The second kappa shape index (κ2) is 6.78. The summed E-state index contributed by atoms with van der Waals surface area (Å²) in [7, 11) is 0. The van der Waals surface area contributed by atoms with E-state index in [1.165, 1.54) is 11.1 Å². The molecule has 2 nitrogen and oxygen atoms in total. The molecule has 2 aromatic rings. The van der Waals surface area contributed by atoms with Crippen molar-refractivity contribution >= 4 is 11.6 Å². The van der Waals surface area contributed by atoms with E-state index in [1.54, 1.807) is 12.1 Å². The highest BCUT2D eigenvalue weighted by molar-refractivity contribution is 6.30. The summed E-state index contributed by atoms with van der Waals surface area (Å²) in [5, 5.41) is 10.7. The topological polar surface area (TPSA) is 29.5 Å². The lowest BCUT2D eigenvalue weighted by atomic mass is 10.0. The summed E-state index contributed by atoms with van der Waals surface area (Å²) < 4.78 is 5.56. The van der Waals surface area contributed by atoms with E-state index in [4.69, 9.17) is 16.3 Å². The molecule has 1 unspecified atom stereocenters. The van der Waals surface area contributed by atoms with E-state index in [2.05, 4.69) is 32.0 Å². The average Bonchev–Trinajstić information content (AvgIpc) is 2.41. The maximum Gasteiger partial charge on any atom is 0.120 e. The van der Waals surface area contributed by atoms with Gasteiger partial charge in [-0.1, -0.05) is 41.4 Å². The van der Waals surface area contributed by atoms with Gasteiger partial charge in [-0.05, 0) is 43.2 Å². The Kier molecular flexibility index (Phi) is 5.05. The van der Waals surface area contributed by atoms with Crippen LogP contribution in [0.15, 0.2) is 42.5 Å². The second-order valence-electron chi connectivity index (χ2n) is 5.06. The molecular weight excluding hydrogens is 272 g/mol. The second-order valence-corrected chi connectivity index (χ2v) is 5.49. The minimum absolute atomic E-state index is 0.258. The normalized spacial score (nSPS) is 12.2. The Labute approximate surface area is 125 Å². The molecule has 0 aliphatic rings. The third-order valence-electron chi connectivity index (χ3n) is 3.20. The fourth-order valence-electron chi connectivity index (χ4n) is 2.08. The van der Waals surface area contributed by atoms with Crippen molar-refractivity contribution in [3.63, 3.8) is 0 Å². The summed E-state index contributed by atoms with van der Waals surface area (Å²) in [4.78, 5) is 0. The average molecular weight is 291 g/mol. The Balaban J connectivity index is 1.92. The number of rotatable bonds is 5. The zero-order chi connectivity index (χ0) is 14.5. The predicted molar refractivity (Wildman–Crippen MR) is 82.6 cm³/mol. The van der Waals surface area contributed by atoms with Crippen molar-refractivity contribution in [2.45, 2.75) is 26.4 Å². The van der Waals surface area contributed by atoms with Gasteiger partial charge in [0.1, 0.15) is 12.4 Å². The van der Waals surface area contributed by atoms with Crippen LogP contribution in [0.2, 0.25) is 5.02 Å². The molecular formula is C17H19ClO2. The van der Waals surface area contributed by atoms with Crippen molar-refractivity contribution in [3.8, 4) is 5.75 Å². The molecule has 106 valence electrons. The molecule has 2 aromatic carbocycles. The predicted octanol–water partition coefficient (Wildman–Crippen LogP) is 3.94. The van der Waals surface area contributed by atoms with E-state index in [1.807, 2.05) is 12.1 Å². The molecule has 0 aromatic heterocycles. The first-order valence-electron chi connectivity index (χ1n) is 6.67. The van der Waals surface area contributed by atoms with Crippen LogP contribution in [0.1, 0.15) is 16.7 Å². The monoisotopic (exact) mass is 290 g/mol. The Bertz CT molecular complexity index is 581. The van der Waals surface area contributed by atoms with Crippen molar-refractivity contribution < 1.29 is 9.84 Å². The summed E-state index contributed by atoms with van der Waals surface area (Å²) >= 11 is 5.89. The van der Waals surface area contributed by atoms with Gasteiger partial charge in [0.05, 0.1) is 6.10 Å². The third kappa shape index (κ3) is 4.26. The Morgan fingerprint density at radius 1 is 1.15 bits per heavy atom. The summed E-state index contributed by atoms with van der Waals surface area (Å²) in [6.45, 7) is 4.37. The van der Waals surface area contributed by atoms with Gasteiger partial charge in [0.2, 0.25) is 0 Å². The van der Waals surface area contributed by atoms with Crippen LogP contribution in [0.5, 0.6) is 5.75 Å². The molecule has 0 radical (unpaired) electrons. The molecule has 0 fully saturated rings. The van der Waals surface area contributed by atoms with Crippen molar-refractivity contribution in [1.82, 2.24) is 0 Å². The molecule has 1 N–H and O–H groups in total. The fraction of sp³-hybridized carbons (Fsp3) is 0.294. The van der Waals surface area contributed by atoms with Crippen LogP contribution in [-0.2, 0) is 6.42 Å². The standard InChI is InChI=1S/C17H19ClO2/c1-12-6-7-13(2)14(8-12)9-16(19)11-20-17-5-3-4-15(18)10-17/h3-8,10,16,19H,9,11H2,1-2H3. The third-order valence-corrected chi connectivity index (χ3v) is 3.43. The van der Waals surface area contributed by atoms with Crippen LogP contribution in [0.4, 0.5) is 0 Å². The van der Waals surface area contributed by atoms with E-state index in [0.29, 0.717) is 17.2 Å². The number of hydrogen-bond acceptors (Lipinski definition) is 2. The van der Waals surface area contributed by atoms with Crippen LogP contribution in [0.3, 0.4) is 0 Å². The molecule has 2 rings (SSSR count). The van der Waals surface area contributed by atoms with E-state index in [-0.39, 0.29) is 6.61 Å². The Morgan fingerprint density at radius 2 is 1.95 bits per heavy atom. The highest BCUT2D eigenvalue weighted by Crippen LogP contribution is 2.18. The van der Waals surface area contributed by atoms with Gasteiger partial charge < -0.3 is 9.84 Å². The van der Waals surface area contributed by atoms with Gasteiger partial charge in [0.25, 0.3) is 0 Å². The highest BCUT2D eigenvalue weighted by Gasteiger charge is 2.09. The molecule has 0 saturated heterocycles. The molecule has 0 spiro atoms. The van der Waals surface area contributed by atoms with Crippen LogP contribution >= 0.6 is 11.6 Å². The molecule has 3 heteroatoms. The molecule has 20 heavy (non-hydrogen) atoms. The summed E-state index contributed by atoms with van der Waals surface area (Å²) in [5.41, 5.74) is 3.55. The number of benzene rings is 2. The van der Waals surface area contributed by atoms with E-state index >= 15 is 0 Å². The first-order chi connectivity index (χ1) is 9.54. The van der Waals surface area contributed by atoms with E-state index in [0.717, 1.165) is 5.56 Å². The number of halogens is 1. The van der Waals surface area contributed by atoms with Gasteiger partial charge >= 0.3 is 0 Å². The number of aliphatic hydroxyl groups excluding tert-OH is 1. The number of hydrogen-bond donors (Lipinski definition) is 1.